The summed E-state index contributed by atoms with van der Waals surface area (Å²) in [5, 5.41) is 0.626. The maximum absolute atomic E-state index is 12.3. The van der Waals surface area contributed by atoms with E-state index in [0.29, 0.717) is 9.23 Å². The molecule has 1 heterocycles. The van der Waals surface area contributed by atoms with Gasteiger partial charge in [-0.05, 0) is 59.1 Å². The van der Waals surface area contributed by atoms with E-state index >= 15 is 0 Å². The molecule has 1 unspecified atom stereocenters. The minimum absolute atomic E-state index is 0.308. The lowest BCUT2D eigenvalue weighted by molar-refractivity contribution is 0.569. The third-order valence-corrected chi connectivity index (χ3v) is 7.20. The quantitative estimate of drug-likeness (QED) is 0.829. The zero-order valence-electron chi connectivity index (χ0n) is 10.9. The Labute approximate surface area is 136 Å². The summed E-state index contributed by atoms with van der Waals surface area (Å²) in [6, 6.07) is 8.45. The summed E-state index contributed by atoms with van der Waals surface area (Å²) >= 11 is 10.4. The molecule has 1 N–H and O–H groups in total. The number of nitrogens with one attached hydrogen (secondary N) is 1. The molecular formula is C13H13BrClNO2S2. The van der Waals surface area contributed by atoms with Gasteiger partial charge in [0, 0.05) is 11.1 Å². The standard InChI is InChI=1S/C13H13BrClNO2S2/c1-8-7-12(19-13(8)14)20(17,18)16-9(2)10-3-5-11(15)6-4-10/h3-7,9,16H,1-2H3. The van der Waals surface area contributed by atoms with Gasteiger partial charge in [0.2, 0.25) is 0 Å². The molecule has 1 atom stereocenters. The fraction of sp³-hybridized carbons (Fsp3) is 0.231. The molecule has 2 rings (SSSR count). The van der Waals surface area contributed by atoms with Crippen LogP contribution in [0.1, 0.15) is 24.1 Å². The van der Waals surface area contributed by atoms with E-state index in [1.807, 2.05) is 19.1 Å². The van der Waals surface area contributed by atoms with Crippen LogP contribution in [0.15, 0.2) is 38.3 Å². The molecule has 1 aromatic heterocycles. The molecule has 0 spiro atoms. The molecule has 1 aromatic carbocycles. The Bertz CT molecular complexity index is 691. The molecule has 2 aromatic rings. The van der Waals surface area contributed by atoms with Gasteiger partial charge < -0.3 is 0 Å². The normalized spacial score (nSPS) is 13.4. The monoisotopic (exact) mass is 393 g/mol. The maximum Gasteiger partial charge on any atom is 0.250 e. The van der Waals surface area contributed by atoms with Crippen molar-refractivity contribution in [2.45, 2.75) is 24.1 Å². The van der Waals surface area contributed by atoms with Gasteiger partial charge in [0.1, 0.15) is 4.21 Å². The molecule has 0 aliphatic carbocycles. The van der Waals surface area contributed by atoms with Crippen molar-refractivity contribution in [2.24, 2.45) is 0 Å². The second kappa shape index (κ2) is 6.15. The number of sulfonamides is 1. The molecule has 0 saturated heterocycles. The summed E-state index contributed by atoms with van der Waals surface area (Å²) in [4.78, 5) is 0. The molecule has 108 valence electrons. The maximum atomic E-state index is 12.3. The van der Waals surface area contributed by atoms with E-state index in [-0.39, 0.29) is 6.04 Å². The van der Waals surface area contributed by atoms with Crippen LogP contribution >= 0.6 is 38.9 Å². The van der Waals surface area contributed by atoms with Crippen LogP contribution in [0.5, 0.6) is 0 Å². The summed E-state index contributed by atoms with van der Waals surface area (Å²) in [6.45, 7) is 3.67. The molecule has 0 bridgehead atoms. The first kappa shape index (κ1) is 16.0. The molecule has 7 heteroatoms. The first-order valence-corrected chi connectivity index (χ1v) is 9.30. The Kier molecular flexibility index (Phi) is 4.92. The highest BCUT2D eigenvalue weighted by molar-refractivity contribution is 9.11. The molecule has 0 fully saturated rings. The van der Waals surface area contributed by atoms with E-state index in [2.05, 4.69) is 20.7 Å². The fourth-order valence-electron chi connectivity index (χ4n) is 1.67. The summed E-state index contributed by atoms with van der Waals surface area (Å²) in [5.74, 6) is 0. The summed E-state index contributed by atoms with van der Waals surface area (Å²) < 4.78 is 28.4. The van der Waals surface area contributed by atoms with Crippen molar-refractivity contribution in [3.63, 3.8) is 0 Å². The number of aryl methyl sites for hydroxylation is 1. The Morgan fingerprint density at radius 1 is 1.30 bits per heavy atom. The van der Waals surface area contributed by atoms with Crippen molar-refractivity contribution in [3.8, 4) is 0 Å². The van der Waals surface area contributed by atoms with Gasteiger partial charge in [0.15, 0.2) is 0 Å². The number of thiophene rings is 1. The number of hydrogen-bond acceptors (Lipinski definition) is 3. The van der Waals surface area contributed by atoms with Gasteiger partial charge in [-0.3, -0.25) is 0 Å². The van der Waals surface area contributed by atoms with E-state index in [4.69, 9.17) is 11.6 Å². The fourth-order valence-corrected chi connectivity index (χ4v) is 5.27. The van der Waals surface area contributed by atoms with E-state index in [9.17, 15) is 8.42 Å². The lowest BCUT2D eigenvalue weighted by Crippen LogP contribution is -2.26. The molecule has 3 nitrogen and oxygen atoms in total. The van der Waals surface area contributed by atoms with Gasteiger partial charge in [-0.1, -0.05) is 23.7 Å². The number of halogens is 2. The van der Waals surface area contributed by atoms with Gasteiger partial charge in [-0.2, -0.15) is 0 Å². The van der Waals surface area contributed by atoms with Crippen LogP contribution in [0.3, 0.4) is 0 Å². The molecular weight excluding hydrogens is 382 g/mol. The first-order valence-electron chi connectivity index (χ1n) is 5.83. The summed E-state index contributed by atoms with van der Waals surface area (Å²) in [5.41, 5.74) is 1.78. The predicted octanol–water partition coefficient (Wildman–Crippen LogP) is 4.51. The van der Waals surface area contributed by atoms with E-state index in [1.54, 1.807) is 25.1 Å². The van der Waals surface area contributed by atoms with E-state index in [1.165, 1.54) is 11.3 Å². The molecule has 0 saturated carbocycles. The van der Waals surface area contributed by atoms with Gasteiger partial charge in [-0.15, -0.1) is 11.3 Å². The largest absolute Gasteiger partial charge is 0.250 e. The molecule has 0 aliphatic heterocycles. The zero-order chi connectivity index (χ0) is 14.9. The van der Waals surface area contributed by atoms with Crippen molar-refractivity contribution >= 4 is 48.9 Å². The predicted molar refractivity (Wildman–Crippen MR) is 86.9 cm³/mol. The van der Waals surface area contributed by atoms with E-state index in [0.717, 1.165) is 14.9 Å². The second-order valence-electron chi connectivity index (χ2n) is 4.42. The lowest BCUT2D eigenvalue weighted by atomic mass is 10.1. The summed E-state index contributed by atoms with van der Waals surface area (Å²) in [6.07, 6.45) is 0. The minimum Gasteiger partial charge on any atom is -0.206 e. The molecule has 0 aliphatic rings. The van der Waals surface area contributed by atoms with Crippen LogP contribution < -0.4 is 4.72 Å². The van der Waals surface area contributed by atoms with E-state index < -0.39 is 10.0 Å². The highest BCUT2D eigenvalue weighted by Gasteiger charge is 2.21. The summed E-state index contributed by atoms with van der Waals surface area (Å²) in [7, 11) is -3.51. The van der Waals surface area contributed by atoms with Crippen molar-refractivity contribution in [1.29, 1.82) is 0 Å². The van der Waals surface area contributed by atoms with Gasteiger partial charge in [0.05, 0.1) is 3.79 Å². The van der Waals surface area contributed by atoms with Gasteiger partial charge >= 0.3 is 0 Å². The van der Waals surface area contributed by atoms with Crippen molar-refractivity contribution in [2.75, 3.05) is 0 Å². The Morgan fingerprint density at radius 3 is 2.40 bits per heavy atom. The number of benzene rings is 1. The smallest absolute Gasteiger partial charge is 0.206 e. The number of hydrogen-bond donors (Lipinski definition) is 1. The van der Waals surface area contributed by atoms with Crippen LogP contribution in [0, 0.1) is 6.92 Å². The van der Waals surface area contributed by atoms with Crippen LogP contribution in [0.2, 0.25) is 5.02 Å². The third-order valence-electron chi connectivity index (χ3n) is 2.80. The van der Waals surface area contributed by atoms with Crippen LogP contribution in [0.4, 0.5) is 0 Å². The molecule has 0 radical (unpaired) electrons. The van der Waals surface area contributed by atoms with Gasteiger partial charge in [-0.25, -0.2) is 13.1 Å². The zero-order valence-corrected chi connectivity index (χ0v) is 14.8. The highest BCUT2D eigenvalue weighted by Crippen LogP contribution is 2.31. The first-order chi connectivity index (χ1) is 9.29. The molecule has 20 heavy (non-hydrogen) atoms. The average molecular weight is 395 g/mol. The topological polar surface area (TPSA) is 46.2 Å². The van der Waals surface area contributed by atoms with Crippen molar-refractivity contribution < 1.29 is 8.42 Å². The third kappa shape index (κ3) is 3.62. The second-order valence-corrected chi connectivity index (χ2v) is 9.16. The number of rotatable bonds is 4. The highest BCUT2D eigenvalue weighted by atomic mass is 79.9. The molecule has 0 amide bonds. The van der Waals surface area contributed by atoms with Crippen LogP contribution in [-0.4, -0.2) is 8.42 Å². The van der Waals surface area contributed by atoms with Crippen molar-refractivity contribution in [3.05, 3.63) is 50.3 Å². The lowest BCUT2D eigenvalue weighted by Gasteiger charge is -2.13. The van der Waals surface area contributed by atoms with Gasteiger partial charge in [0.25, 0.3) is 10.0 Å². The Balaban J connectivity index is 2.21. The van der Waals surface area contributed by atoms with Crippen LogP contribution in [-0.2, 0) is 10.0 Å². The Morgan fingerprint density at radius 2 is 1.90 bits per heavy atom. The minimum atomic E-state index is -3.51. The van der Waals surface area contributed by atoms with Crippen molar-refractivity contribution in [1.82, 2.24) is 4.72 Å². The average Bonchev–Trinajstić information content (AvgIpc) is 2.71. The SMILES string of the molecule is Cc1cc(S(=O)(=O)NC(C)c2ccc(Cl)cc2)sc1Br. The van der Waals surface area contributed by atoms with Crippen LogP contribution in [0.25, 0.3) is 0 Å². The Hall–Kier alpha value is -0.400.